The summed E-state index contributed by atoms with van der Waals surface area (Å²) in [5.41, 5.74) is 16.1. The summed E-state index contributed by atoms with van der Waals surface area (Å²) in [7, 11) is 0. The fraction of sp³-hybridized carbons (Fsp3) is 0.0185. The first-order valence-electron chi connectivity index (χ1n) is 19.6. The van der Waals surface area contributed by atoms with E-state index in [1.165, 1.54) is 33.4 Å². The van der Waals surface area contributed by atoms with Gasteiger partial charge in [-0.1, -0.05) is 176 Å². The molecule has 11 rings (SSSR count). The number of aromatic nitrogens is 3. The smallest absolute Gasteiger partial charge is 0.227 e. The average Bonchev–Trinajstić information content (AvgIpc) is 3.87. The van der Waals surface area contributed by atoms with Crippen LogP contribution in [0.4, 0.5) is 0 Å². The largest absolute Gasteiger partial charge is 0.436 e. The van der Waals surface area contributed by atoms with Crippen LogP contribution in [0.1, 0.15) is 22.3 Å². The standard InChI is InChI=1S/C54H35N3O/c1-5-15-36(16-6-1)37-25-27-39(28-26-37)49-35-48(38-17-7-2-8-18-38)55-52(56-49)41-29-31-47-45(33-41)44-23-13-14-24-46(44)54(47,42-21-11-4-12-22-42)43-30-32-51-50(34-43)57-53(58-51)40-19-9-3-10-20-40/h1-35H. The molecule has 0 radical (unpaired) electrons. The Bertz CT molecular complexity index is 3090. The number of oxazole rings is 1. The minimum Gasteiger partial charge on any atom is -0.436 e. The normalized spacial score (nSPS) is 14.3. The summed E-state index contributed by atoms with van der Waals surface area (Å²) in [6.07, 6.45) is 0. The van der Waals surface area contributed by atoms with Gasteiger partial charge in [0.25, 0.3) is 0 Å². The van der Waals surface area contributed by atoms with Gasteiger partial charge in [0.15, 0.2) is 11.4 Å². The van der Waals surface area contributed by atoms with Crippen molar-refractivity contribution in [3.05, 3.63) is 235 Å². The van der Waals surface area contributed by atoms with E-state index in [9.17, 15) is 0 Å². The van der Waals surface area contributed by atoms with E-state index in [0.29, 0.717) is 11.7 Å². The van der Waals surface area contributed by atoms with Crippen LogP contribution in [0.25, 0.3) is 78.7 Å². The molecular weight excluding hydrogens is 707 g/mol. The molecule has 0 spiro atoms. The Kier molecular flexibility index (Phi) is 8.00. The summed E-state index contributed by atoms with van der Waals surface area (Å²) in [5.74, 6) is 1.29. The highest BCUT2D eigenvalue weighted by atomic mass is 16.3. The molecule has 1 atom stereocenters. The molecule has 2 aromatic heterocycles. The molecule has 0 saturated heterocycles. The molecule has 272 valence electrons. The Morgan fingerprint density at radius 2 is 0.879 bits per heavy atom. The Labute approximate surface area is 336 Å². The van der Waals surface area contributed by atoms with Gasteiger partial charge in [0, 0.05) is 22.3 Å². The number of rotatable bonds is 7. The van der Waals surface area contributed by atoms with E-state index in [-0.39, 0.29) is 0 Å². The molecule has 0 N–H and O–H groups in total. The van der Waals surface area contributed by atoms with Gasteiger partial charge in [-0.05, 0) is 80.9 Å². The molecule has 4 heteroatoms. The van der Waals surface area contributed by atoms with Crippen molar-refractivity contribution in [1.29, 1.82) is 0 Å². The zero-order chi connectivity index (χ0) is 38.5. The Balaban J connectivity index is 1.09. The molecule has 0 aliphatic heterocycles. The van der Waals surface area contributed by atoms with E-state index in [0.717, 1.165) is 55.9 Å². The Morgan fingerprint density at radius 1 is 0.345 bits per heavy atom. The zero-order valence-electron chi connectivity index (χ0n) is 31.5. The van der Waals surface area contributed by atoms with Crippen LogP contribution in [-0.2, 0) is 5.41 Å². The van der Waals surface area contributed by atoms with Crippen LogP contribution in [0.2, 0.25) is 0 Å². The molecule has 8 aromatic carbocycles. The molecule has 10 aromatic rings. The highest BCUT2D eigenvalue weighted by molar-refractivity contribution is 5.90. The number of benzene rings is 8. The van der Waals surface area contributed by atoms with Crippen molar-refractivity contribution < 1.29 is 4.42 Å². The van der Waals surface area contributed by atoms with Gasteiger partial charge in [-0.25, -0.2) is 15.0 Å². The van der Waals surface area contributed by atoms with Gasteiger partial charge < -0.3 is 4.42 Å². The first-order chi connectivity index (χ1) is 28.7. The lowest BCUT2D eigenvalue weighted by atomic mass is 9.67. The van der Waals surface area contributed by atoms with Crippen molar-refractivity contribution in [3.63, 3.8) is 0 Å². The molecule has 0 saturated carbocycles. The molecular formula is C54H35N3O. The van der Waals surface area contributed by atoms with Crippen molar-refractivity contribution in [1.82, 2.24) is 15.0 Å². The van der Waals surface area contributed by atoms with E-state index >= 15 is 0 Å². The summed E-state index contributed by atoms with van der Waals surface area (Å²) in [5, 5.41) is 0. The number of hydrogen-bond acceptors (Lipinski definition) is 4. The van der Waals surface area contributed by atoms with Gasteiger partial charge in [0.05, 0.1) is 16.8 Å². The van der Waals surface area contributed by atoms with E-state index in [4.69, 9.17) is 19.4 Å². The van der Waals surface area contributed by atoms with Crippen molar-refractivity contribution in [2.45, 2.75) is 5.41 Å². The van der Waals surface area contributed by atoms with Gasteiger partial charge in [0.1, 0.15) is 5.52 Å². The van der Waals surface area contributed by atoms with Crippen molar-refractivity contribution in [2.75, 3.05) is 0 Å². The number of hydrogen-bond donors (Lipinski definition) is 0. The lowest BCUT2D eigenvalue weighted by Crippen LogP contribution is -2.28. The third-order valence-electron chi connectivity index (χ3n) is 11.4. The molecule has 0 bridgehead atoms. The fourth-order valence-electron chi connectivity index (χ4n) is 8.71. The van der Waals surface area contributed by atoms with Crippen molar-refractivity contribution in [3.8, 4) is 67.6 Å². The zero-order valence-corrected chi connectivity index (χ0v) is 31.5. The second kappa shape index (κ2) is 13.8. The molecule has 2 heterocycles. The third kappa shape index (κ3) is 5.57. The first kappa shape index (κ1) is 33.6. The van der Waals surface area contributed by atoms with E-state index in [1.807, 2.05) is 42.5 Å². The van der Waals surface area contributed by atoms with Crippen LogP contribution in [-0.4, -0.2) is 15.0 Å². The summed E-state index contributed by atoms with van der Waals surface area (Å²) < 4.78 is 6.30. The minimum atomic E-state index is -0.607. The Morgan fingerprint density at radius 3 is 1.59 bits per heavy atom. The van der Waals surface area contributed by atoms with Crippen LogP contribution in [0.15, 0.2) is 217 Å². The van der Waals surface area contributed by atoms with Gasteiger partial charge in [0.2, 0.25) is 5.89 Å². The van der Waals surface area contributed by atoms with E-state index in [1.54, 1.807) is 0 Å². The van der Waals surface area contributed by atoms with E-state index in [2.05, 4.69) is 170 Å². The van der Waals surface area contributed by atoms with Gasteiger partial charge in [-0.2, -0.15) is 0 Å². The predicted octanol–water partition coefficient (Wildman–Crippen LogP) is 13.3. The second-order valence-electron chi connectivity index (χ2n) is 14.8. The summed E-state index contributed by atoms with van der Waals surface area (Å²) in [4.78, 5) is 15.5. The SMILES string of the molecule is c1ccc(-c2ccc(-c3cc(-c4ccccc4)nc(-c4ccc5c(c4)-c4ccccc4C5(c4ccccc4)c4ccc5oc(-c6ccccc6)nc5c4)n3)cc2)cc1. The first-order valence-corrected chi connectivity index (χ1v) is 19.6. The van der Waals surface area contributed by atoms with Crippen LogP contribution in [0.3, 0.4) is 0 Å². The highest BCUT2D eigenvalue weighted by Crippen LogP contribution is 2.57. The maximum absolute atomic E-state index is 6.30. The topological polar surface area (TPSA) is 51.8 Å². The van der Waals surface area contributed by atoms with Crippen LogP contribution < -0.4 is 0 Å². The molecule has 0 amide bonds. The monoisotopic (exact) mass is 741 g/mol. The van der Waals surface area contributed by atoms with Gasteiger partial charge in [-0.3, -0.25) is 0 Å². The molecule has 4 nitrogen and oxygen atoms in total. The average molecular weight is 742 g/mol. The maximum Gasteiger partial charge on any atom is 0.227 e. The summed E-state index contributed by atoms with van der Waals surface area (Å²) >= 11 is 0. The predicted molar refractivity (Wildman–Crippen MR) is 234 cm³/mol. The van der Waals surface area contributed by atoms with Crippen LogP contribution in [0.5, 0.6) is 0 Å². The number of fused-ring (bicyclic) bond motifs is 4. The minimum absolute atomic E-state index is 0.607. The molecule has 1 aliphatic carbocycles. The lowest BCUT2D eigenvalue weighted by Gasteiger charge is -2.33. The van der Waals surface area contributed by atoms with Crippen molar-refractivity contribution >= 4 is 11.1 Å². The lowest BCUT2D eigenvalue weighted by molar-refractivity contribution is 0.619. The Hall–Kier alpha value is -7.69. The van der Waals surface area contributed by atoms with E-state index < -0.39 is 5.41 Å². The highest BCUT2D eigenvalue weighted by Gasteiger charge is 2.46. The summed E-state index contributed by atoms with van der Waals surface area (Å²) in [6, 6.07) is 74.5. The summed E-state index contributed by atoms with van der Waals surface area (Å²) in [6.45, 7) is 0. The molecule has 0 fully saturated rings. The van der Waals surface area contributed by atoms with Gasteiger partial charge in [-0.15, -0.1) is 0 Å². The van der Waals surface area contributed by atoms with Crippen molar-refractivity contribution in [2.24, 2.45) is 0 Å². The third-order valence-corrected chi connectivity index (χ3v) is 11.4. The quantitative estimate of drug-likeness (QED) is 0.163. The maximum atomic E-state index is 6.30. The molecule has 1 aliphatic rings. The number of nitrogens with zero attached hydrogens (tertiary/aromatic N) is 3. The molecule has 58 heavy (non-hydrogen) atoms. The van der Waals surface area contributed by atoms with Crippen LogP contribution in [0, 0.1) is 0 Å². The fourth-order valence-corrected chi connectivity index (χ4v) is 8.71. The van der Waals surface area contributed by atoms with Gasteiger partial charge >= 0.3 is 0 Å². The molecule has 1 unspecified atom stereocenters. The second-order valence-corrected chi connectivity index (χ2v) is 14.8. The van der Waals surface area contributed by atoms with Crippen LogP contribution >= 0.6 is 0 Å².